The third kappa shape index (κ3) is 3.36. The normalized spacial score (nSPS) is 14.6. The maximum Gasteiger partial charge on any atom is 0.120 e. The zero-order chi connectivity index (χ0) is 14.7. The first kappa shape index (κ1) is 14.4. The van der Waals surface area contributed by atoms with Gasteiger partial charge in [-0.1, -0.05) is 31.2 Å². The highest BCUT2D eigenvalue weighted by Gasteiger charge is 2.19. The third-order valence-corrected chi connectivity index (χ3v) is 4.07. The summed E-state index contributed by atoms with van der Waals surface area (Å²) in [4.78, 5) is 2.44. The van der Waals surface area contributed by atoms with Crippen LogP contribution < -0.4 is 5.32 Å². The lowest BCUT2D eigenvalue weighted by Gasteiger charge is -2.12. The van der Waals surface area contributed by atoms with E-state index in [1.54, 1.807) is 0 Å². The molecule has 1 aromatic carbocycles. The van der Waals surface area contributed by atoms with Gasteiger partial charge in [-0.05, 0) is 42.6 Å². The van der Waals surface area contributed by atoms with Crippen LogP contribution in [0.2, 0.25) is 0 Å². The lowest BCUT2D eigenvalue weighted by molar-refractivity contribution is 0.247. The molecule has 0 radical (unpaired) electrons. The fraction of sp³-hybridized carbons (Fsp3) is 0.444. The van der Waals surface area contributed by atoms with E-state index in [2.05, 4.69) is 54.4 Å². The molecule has 0 saturated carbocycles. The number of nitrogens with zero attached hydrogens (tertiary/aromatic N) is 1. The maximum absolute atomic E-state index is 6.02. The number of fused-ring (bicyclic) bond motifs is 1. The maximum atomic E-state index is 6.02. The van der Waals surface area contributed by atoms with Crippen molar-refractivity contribution in [3.05, 3.63) is 58.5 Å². The van der Waals surface area contributed by atoms with Crippen LogP contribution in [0.3, 0.4) is 0 Å². The van der Waals surface area contributed by atoms with E-state index in [1.807, 2.05) is 0 Å². The van der Waals surface area contributed by atoms with E-state index in [4.69, 9.17) is 4.42 Å². The highest BCUT2D eigenvalue weighted by molar-refractivity contribution is 5.30. The number of hydrogen-bond acceptors (Lipinski definition) is 3. The van der Waals surface area contributed by atoms with Crippen LogP contribution in [-0.4, -0.2) is 11.4 Å². The Bertz CT molecular complexity index is 578. The Morgan fingerprint density at radius 3 is 2.57 bits per heavy atom. The summed E-state index contributed by atoms with van der Waals surface area (Å²) in [5, 5.41) is 3.41. The van der Waals surface area contributed by atoms with Gasteiger partial charge in [0.05, 0.1) is 13.1 Å². The first-order valence-electron chi connectivity index (χ1n) is 7.84. The fourth-order valence-corrected chi connectivity index (χ4v) is 2.96. The largest absolute Gasteiger partial charge is 0.463 e. The lowest BCUT2D eigenvalue weighted by Crippen LogP contribution is -2.15. The van der Waals surface area contributed by atoms with Gasteiger partial charge in [-0.2, -0.15) is 0 Å². The second-order valence-corrected chi connectivity index (χ2v) is 5.91. The molecule has 3 rings (SSSR count). The Morgan fingerprint density at radius 2 is 1.90 bits per heavy atom. The van der Waals surface area contributed by atoms with Crippen molar-refractivity contribution >= 4 is 0 Å². The predicted octanol–water partition coefficient (Wildman–Crippen LogP) is 3.60. The van der Waals surface area contributed by atoms with Gasteiger partial charge < -0.3 is 9.73 Å². The van der Waals surface area contributed by atoms with Gasteiger partial charge in [0.15, 0.2) is 0 Å². The zero-order valence-electron chi connectivity index (χ0n) is 13.0. The lowest BCUT2D eigenvalue weighted by atomic mass is 10.1. The molecule has 0 fully saturated rings. The summed E-state index contributed by atoms with van der Waals surface area (Å²) in [5.41, 5.74) is 4.15. The Morgan fingerprint density at radius 1 is 1.19 bits per heavy atom. The van der Waals surface area contributed by atoms with Crippen molar-refractivity contribution in [2.75, 3.05) is 6.54 Å². The van der Waals surface area contributed by atoms with Crippen LogP contribution in [0.5, 0.6) is 0 Å². The van der Waals surface area contributed by atoms with Gasteiger partial charge in [0, 0.05) is 13.1 Å². The highest BCUT2D eigenvalue weighted by atomic mass is 16.3. The Kier molecular flexibility index (Phi) is 4.42. The molecule has 3 nitrogen and oxygen atoms in total. The van der Waals surface area contributed by atoms with Gasteiger partial charge >= 0.3 is 0 Å². The van der Waals surface area contributed by atoms with E-state index in [0.29, 0.717) is 0 Å². The average Bonchev–Trinajstić information content (AvgIpc) is 3.02. The Labute approximate surface area is 127 Å². The van der Waals surface area contributed by atoms with E-state index >= 15 is 0 Å². The molecule has 2 heterocycles. The molecule has 0 bridgehead atoms. The molecule has 0 unspecified atom stereocenters. The molecule has 1 aliphatic rings. The number of benzene rings is 1. The van der Waals surface area contributed by atoms with Gasteiger partial charge in [0.1, 0.15) is 11.5 Å². The number of furan rings is 1. The zero-order valence-corrected chi connectivity index (χ0v) is 13.0. The second kappa shape index (κ2) is 6.46. The van der Waals surface area contributed by atoms with Crippen LogP contribution >= 0.6 is 0 Å². The van der Waals surface area contributed by atoms with Crippen LogP contribution in [0.25, 0.3) is 0 Å². The van der Waals surface area contributed by atoms with Crippen LogP contribution in [0.1, 0.15) is 41.6 Å². The fourth-order valence-electron chi connectivity index (χ4n) is 2.96. The summed E-state index contributed by atoms with van der Waals surface area (Å²) in [5.74, 6) is 2.16. The molecule has 0 saturated heterocycles. The molecule has 2 aromatic rings. The van der Waals surface area contributed by atoms with Crippen molar-refractivity contribution in [1.82, 2.24) is 10.2 Å². The molecule has 1 N–H and O–H groups in total. The number of aryl methyl sites for hydroxylation is 1. The van der Waals surface area contributed by atoms with Gasteiger partial charge in [0.25, 0.3) is 0 Å². The average molecular weight is 284 g/mol. The van der Waals surface area contributed by atoms with Crippen LogP contribution in [0.15, 0.2) is 34.7 Å². The summed E-state index contributed by atoms with van der Waals surface area (Å²) < 4.78 is 6.02. The predicted molar refractivity (Wildman–Crippen MR) is 84.8 cm³/mol. The topological polar surface area (TPSA) is 28.4 Å². The highest BCUT2D eigenvalue weighted by Crippen LogP contribution is 2.25. The monoisotopic (exact) mass is 284 g/mol. The van der Waals surface area contributed by atoms with Crippen LogP contribution in [0.4, 0.5) is 0 Å². The van der Waals surface area contributed by atoms with E-state index in [9.17, 15) is 0 Å². The molecule has 0 spiro atoms. The molecule has 0 amide bonds. The molecule has 0 atom stereocenters. The quantitative estimate of drug-likeness (QED) is 0.822. The van der Waals surface area contributed by atoms with E-state index in [1.165, 1.54) is 16.7 Å². The number of hydrogen-bond donors (Lipinski definition) is 1. The van der Waals surface area contributed by atoms with Gasteiger partial charge in [-0.25, -0.2) is 0 Å². The summed E-state index contributed by atoms with van der Waals surface area (Å²) in [7, 11) is 0. The molecule has 0 aliphatic carbocycles. The minimum Gasteiger partial charge on any atom is -0.463 e. The van der Waals surface area contributed by atoms with E-state index < -0.39 is 0 Å². The Balaban J connectivity index is 1.60. The molecule has 21 heavy (non-hydrogen) atoms. The number of nitrogens with one attached hydrogen (secondary N) is 1. The van der Waals surface area contributed by atoms with Crippen molar-refractivity contribution < 1.29 is 4.42 Å². The number of rotatable bonds is 6. The molecule has 3 heteroatoms. The van der Waals surface area contributed by atoms with Crippen LogP contribution in [-0.2, 0) is 26.2 Å². The summed E-state index contributed by atoms with van der Waals surface area (Å²) >= 11 is 0. The van der Waals surface area contributed by atoms with E-state index in [-0.39, 0.29) is 0 Å². The smallest absolute Gasteiger partial charge is 0.120 e. The standard InChI is InChI=1S/C18H24N2O/c1-3-8-19-10-18-14(2)9-17(21-18)13-20-11-15-6-4-5-7-16(15)12-20/h4-7,9,19H,3,8,10-13H2,1-2H3. The van der Waals surface area contributed by atoms with Crippen molar-refractivity contribution in [1.29, 1.82) is 0 Å². The molecule has 112 valence electrons. The molecular weight excluding hydrogens is 260 g/mol. The van der Waals surface area contributed by atoms with Crippen molar-refractivity contribution in [2.24, 2.45) is 0 Å². The van der Waals surface area contributed by atoms with E-state index in [0.717, 1.165) is 50.7 Å². The SMILES string of the molecule is CCCNCc1oc(CN2Cc3ccccc3C2)cc1C. The molecular formula is C18H24N2O. The Hall–Kier alpha value is -1.58. The van der Waals surface area contributed by atoms with Crippen LogP contribution in [0, 0.1) is 6.92 Å². The molecule has 1 aliphatic heterocycles. The summed E-state index contributed by atoms with van der Waals surface area (Å²) in [6.07, 6.45) is 1.15. The van der Waals surface area contributed by atoms with Crippen molar-refractivity contribution in [3.63, 3.8) is 0 Å². The second-order valence-electron chi connectivity index (χ2n) is 5.91. The van der Waals surface area contributed by atoms with Gasteiger partial charge in [-0.3, -0.25) is 4.90 Å². The van der Waals surface area contributed by atoms with Crippen molar-refractivity contribution in [2.45, 2.75) is 46.4 Å². The summed E-state index contributed by atoms with van der Waals surface area (Å²) in [6.45, 7) is 9.13. The minimum atomic E-state index is 0.833. The third-order valence-electron chi connectivity index (χ3n) is 4.07. The van der Waals surface area contributed by atoms with Gasteiger partial charge in [-0.15, -0.1) is 0 Å². The van der Waals surface area contributed by atoms with Crippen molar-refractivity contribution in [3.8, 4) is 0 Å². The molecule has 1 aromatic heterocycles. The summed E-state index contributed by atoms with van der Waals surface area (Å²) in [6, 6.07) is 10.9. The minimum absolute atomic E-state index is 0.833. The first-order chi connectivity index (χ1) is 10.3. The van der Waals surface area contributed by atoms with Gasteiger partial charge in [0.2, 0.25) is 0 Å². The first-order valence-corrected chi connectivity index (χ1v) is 7.84.